The molecule has 0 radical (unpaired) electrons. The van der Waals surface area contributed by atoms with Crippen LogP contribution in [0.25, 0.3) is 0 Å². The van der Waals surface area contributed by atoms with Crippen molar-refractivity contribution in [1.29, 1.82) is 0 Å². The summed E-state index contributed by atoms with van der Waals surface area (Å²) in [5.74, 6) is 0.215. The molecule has 4 nitrogen and oxygen atoms in total. The van der Waals surface area contributed by atoms with Crippen molar-refractivity contribution in [2.45, 2.75) is 71.4 Å². The molecule has 1 atom stereocenters. The molecule has 2 rings (SSSR count). The molecule has 1 N–H and O–H groups in total. The Labute approximate surface area is 171 Å². The number of rotatable bonds is 7. The first-order chi connectivity index (χ1) is 12.5. The summed E-state index contributed by atoms with van der Waals surface area (Å²) in [6.07, 6.45) is 6.46. The van der Waals surface area contributed by atoms with Gasteiger partial charge in [0.2, 0.25) is 5.91 Å². The SMILES string of the molecule is CCCNC(=O)C(C1CCCCC1)N(C(=O)c1ccccc1I)C(C)C. The minimum atomic E-state index is -0.384. The van der Waals surface area contributed by atoms with E-state index in [4.69, 9.17) is 0 Å². The minimum Gasteiger partial charge on any atom is -0.354 e. The van der Waals surface area contributed by atoms with Crippen LogP contribution < -0.4 is 5.32 Å². The highest BCUT2D eigenvalue weighted by molar-refractivity contribution is 14.1. The number of nitrogens with zero attached hydrogens (tertiary/aromatic N) is 1. The quantitative estimate of drug-likeness (QED) is 0.592. The molecule has 2 amide bonds. The number of hydrogen-bond acceptors (Lipinski definition) is 2. The lowest BCUT2D eigenvalue weighted by atomic mass is 9.82. The zero-order valence-corrected chi connectivity index (χ0v) is 18.3. The van der Waals surface area contributed by atoms with Crippen LogP contribution in [0.3, 0.4) is 0 Å². The predicted molar refractivity (Wildman–Crippen MR) is 114 cm³/mol. The highest BCUT2D eigenvalue weighted by Crippen LogP contribution is 2.31. The van der Waals surface area contributed by atoms with Gasteiger partial charge in [0.15, 0.2) is 0 Å². The summed E-state index contributed by atoms with van der Waals surface area (Å²) < 4.78 is 0.928. The lowest BCUT2D eigenvalue weighted by Gasteiger charge is -2.40. The molecule has 0 spiro atoms. The third-order valence-electron chi connectivity index (χ3n) is 5.11. The van der Waals surface area contributed by atoms with Gasteiger partial charge in [0.05, 0.1) is 5.56 Å². The van der Waals surface area contributed by atoms with Crippen molar-refractivity contribution >= 4 is 34.4 Å². The largest absolute Gasteiger partial charge is 0.354 e. The summed E-state index contributed by atoms with van der Waals surface area (Å²) in [6.45, 7) is 6.73. The first-order valence-corrected chi connectivity index (χ1v) is 10.9. The Morgan fingerprint density at radius 2 is 1.85 bits per heavy atom. The van der Waals surface area contributed by atoms with E-state index in [1.165, 1.54) is 6.42 Å². The van der Waals surface area contributed by atoms with Gasteiger partial charge in [-0.1, -0.05) is 38.3 Å². The Hall–Kier alpha value is -1.11. The van der Waals surface area contributed by atoms with E-state index in [0.29, 0.717) is 12.1 Å². The maximum absolute atomic E-state index is 13.4. The van der Waals surface area contributed by atoms with Gasteiger partial charge < -0.3 is 10.2 Å². The van der Waals surface area contributed by atoms with Gasteiger partial charge in [-0.2, -0.15) is 0 Å². The van der Waals surface area contributed by atoms with E-state index in [-0.39, 0.29) is 29.8 Å². The molecule has 0 aliphatic heterocycles. The van der Waals surface area contributed by atoms with Crippen LogP contribution in [0.4, 0.5) is 0 Å². The molecule has 1 unspecified atom stereocenters. The van der Waals surface area contributed by atoms with Gasteiger partial charge >= 0.3 is 0 Å². The molecule has 1 saturated carbocycles. The van der Waals surface area contributed by atoms with Crippen LogP contribution in [-0.2, 0) is 4.79 Å². The Bertz CT molecular complexity index is 612. The Morgan fingerprint density at radius 3 is 2.42 bits per heavy atom. The molecular weight excluding hydrogens is 439 g/mol. The molecule has 1 aliphatic rings. The Kier molecular flexibility index (Phi) is 8.38. The van der Waals surface area contributed by atoms with Crippen molar-refractivity contribution in [2.24, 2.45) is 5.92 Å². The number of halogens is 1. The number of amides is 2. The van der Waals surface area contributed by atoms with E-state index in [0.717, 1.165) is 35.7 Å². The van der Waals surface area contributed by atoms with E-state index in [1.807, 2.05) is 49.9 Å². The van der Waals surface area contributed by atoms with E-state index in [9.17, 15) is 9.59 Å². The van der Waals surface area contributed by atoms with Crippen LogP contribution >= 0.6 is 22.6 Å². The van der Waals surface area contributed by atoms with Gasteiger partial charge in [-0.05, 0) is 73.8 Å². The van der Waals surface area contributed by atoms with E-state index in [1.54, 1.807) is 0 Å². The monoisotopic (exact) mass is 470 g/mol. The van der Waals surface area contributed by atoms with E-state index >= 15 is 0 Å². The van der Waals surface area contributed by atoms with Crippen LogP contribution in [0, 0.1) is 9.49 Å². The molecule has 0 saturated heterocycles. The second-order valence-corrected chi connectivity index (χ2v) is 8.58. The molecule has 0 heterocycles. The smallest absolute Gasteiger partial charge is 0.255 e. The maximum Gasteiger partial charge on any atom is 0.255 e. The van der Waals surface area contributed by atoms with Crippen molar-refractivity contribution in [1.82, 2.24) is 10.2 Å². The van der Waals surface area contributed by atoms with E-state index < -0.39 is 0 Å². The van der Waals surface area contributed by atoms with Crippen molar-refractivity contribution in [3.63, 3.8) is 0 Å². The van der Waals surface area contributed by atoms with Crippen LogP contribution in [0.15, 0.2) is 24.3 Å². The predicted octanol–water partition coefficient (Wildman–Crippen LogP) is 4.62. The fourth-order valence-corrected chi connectivity index (χ4v) is 4.44. The van der Waals surface area contributed by atoms with Gasteiger partial charge in [0.25, 0.3) is 5.91 Å². The number of hydrogen-bond donors (Lipinski definition) is 1. The lowest BCUT2D eigenvalue weighted by molar-refractivity contribution is -0.128. The average Bonchev–Trinajstić information content (AvgIpc) is 2.64. The summed E-state index contributed by atoms with van der Waals surface area (Å²) >= 11 is 2.20. The fraction of sp³-hybridized carbons (Fsp3) is 0.619. The Morgan fingerprint density at radius 1 is 1.19 bits per heavy atom. The zero-order chi connectivity index (χ0) is 19.1. The average molecular weight is 470 g/mol. The van der Waals surface area contributed by atoms with Crippen LogP contribution in [-0.4, -0.2) is 35.3 Å². The second-order valence-electron chi connectivity index (χ2n) is 7.42. The molecule has 1 fully saturated rings. The van der Waals surface area contributed by atoms with Crippen LogP contribution in [0.1, 0.15) is 69.7 Å². The van der Waals surface area contributed by atoms with E-state index in [2.05, 4.69) is 27.9 Å². The number of benzene rings is 1. The lowest BCUT2D eigenvalue weighted by Crippen LogP contribution is -2.56. The molecule has 144 valence electrons. The summed E-state index contributed by atoms with van der Waals surface area (Å²) in [4.78, 5) is 28.3. The van der Waals surface area contributed by atoms with Crippen molar-refractivity contribution in [3.8, 4) is 0 Å². The summed E-state index contributed by atoms with van der Waals surface area (Å²) in [7, 11) is 0. The molecule has 1 aliphatic carbocycles. The number of carbonyl (C=O) groups excluding carboxylic acids is 2. The second kappa shape index (κ2) is 10.3. The normalized spacial score (nSPS) is 16.3. The zero-order valence-electron chi connectivity index (χ0n) is 16.1. The Balaban J connectivity index is 2.37. The highest BCUT2D eigenvalue weighted by Gasteiger charge is 2.38. The molecule has 0 bridgehead atoms. The third-order valence-corrected chi connectivity index (χ3v) is 6.05. The molecule has 5 heteroatoms. The van der Waals surface area contributed by atoms with Crippen molar-refractivity contribution < 1.29 is 9.59 Å². The van der Waals surface area contributed by atoms with Crippen molar-refractivity contribution in [2.75, 3.05) is 6.54 Å². The van der Waals surface area contributed by atoms with Gasteiger partial charge in [0, 0.05) is 16.2 Å². The van der Waals surface area contributed by atoms with Crippen molar-refractivity contribution in [3.05, 3.63) is 33.4 Å². The number of carbonyl (C=O) groups is 2. The minimum absolute atomic E-state index is 0.00624. The van der Waals surface area contributed by atoms with Gasteiger partial charge in [-0.3, -0.25) is 9.59 Å². The standard InChI is InChI=1S/C21H31IN2O2/c1-4-14-23-20(25)19(16-10-6-5-7-11-16)24(15(2)3)21(26)17-12-8-9-13-18(17)22/h8-9,12-13,15-16,19H,4-7,10-11,14H2,1-3H3,(H,23,25). The molecular formula is C21H31IN2O2. The van der Waals surface area contributed by atoms with Gasteiger partial charge in [-0.15, -0.1) is 0 Å². The summed E-state index contributed by atoms with van der Waals surface area (Å²) in [5, 5.41) is 3.05. The van der Waals surface area contributed by atoms with Gasteiger partial charge in [-0.25, -0.2) is 0 Å². The molecule has 0 aromatic heterocycles. The maximum atomic E-state index is 13.4. The summed E-state index contributed by atoms with van der Waals surface area (Å²) in [5.41, 5.74) is 0.686. The van der Waals surface area contributed by atoms with Gasteiger partial charge in [0.1, 0.15) is 6.04 Å². The highest BCUT2D eigenvalue weighted by atomic mass is 127. The fourth-order valence-electron chi connectivity index (χ4n) is 3.83. The molecule has 1 aromatic carbocycles. The topological polar surface area (TPSA) is 49.4 Å². The molecule has 1 aromatic rings. The van der Waals surface area contributed by atoms with Crippen LogP contribution in [0.5, 0.6) is 0 Å². The summed E-state index contributed by atoms with van der Waals surface area (Å²) in [6, 6.07) is 7.22. The third kappa shape index (κ3) is 5.21. The molecule has 26 heavy (non-hydrogen) atoms. The van der Waals surface area contributed by atoms with Crippen LogP contribution in [0.2, 0.25) is 0 Å². The number of nitrogens with one attached hydrogen (secondary N) is 1. The first kappa shape index (κ1) is 21.2. The first-order valence-electron chi connectivity index (χ1n) is 9.82.